The van der Waals surface area contributed by atoms with Gasteiger partial charge >= 0.3 is 27.6 Å². The van der Waals surface area contributed by atoms with Crippen LogP contribution in [0.5, 0.6) is 0 Å². The predicted octanol–water partition coefficient (Wildman–Crippen LogP) is 6.98. The number of allylic oxidation sites excluding steroid dienone is 10. The van der Waals surface area contributed by atoms with Crippen LogP contribution in [0.4, 0.5) is 0 Å². The van der Waals surface area contributed by atoms with Crippen molar-refractivity contribution in [1.29, 1.82) is 0 Å². The van der Waals surface area contributed by atoms with Gasteiger partial charge in [-0.25, -0.2) is 9.13 Å². The maximum absolute atomic E-state index is 13.8. The Morgan fingerprint density at radius 2 is 1.46 bits per heavy atom. The second kappa shape index (κ2) is 36.9. The zero-order chi connectivity index (χ0) is 53.4. The molecule has 0 aromatic heterocycles. The molecule has 1 saturated carbocycles. The van der Waals surface area contributed by atoms with Gasteiger partial charge in [0.15, 0.2) is 6.10 Å². The Morgan fingerprint density at radius 3 is 2.11 bits per heavy atom. The Labute approximate surface area is 425 Å². The van der Waals surface area contributed by atoms with Crippen molar-refractivity contribution in [3.05, 3.63) is 72.9 Å². The van der Waals surface area contributed by atoms with E-state index in [1.807, 2.05) is 6.92 Å². The molecule has 2 rings (SSSR count). The number of fused-ring (bicyclic) bond motifs is 4. The number of ether oxygens (including phenoxy) is 2. The number of aliphatic hydroxyl groups excluding tert-OH is 6. The van der Waals surface area contributed by atoms with Crippen LogP contribution in [0.3, 0.4) is 0 Å². The van der Waals surface area contributed by atoms with Gasteiger partial charge in [-0.2, -0.15) is 0 Å². The third kappa shape index (κ3) is 28.1. The van der Waals surface area contributed by atoms with Crippen LogP contribution in [0, 0.1) is 11.8 Å². The number of carbonyl (C=O) groups excluding carboxylic acids is 3. The highest BCUT2D eigenvalue weighted by atomic mass is 31.2. The van der Waals surface area contributed by atoms with Gasteiger partial charge in [0.25, 0.3) is 0 Å². The second-order valence-electron chi connectivity index (χ2n) is 18.3. The molecule has 0 spiro atoms. The lowest BCUT2D eigenvalue weighted by molar-refractivity contribution is -0.164. The largest absolute Gasteiger partial charge is 0.472 e. The standard InChI is InChI=1S/C51H84O19P2/c1-3-5-7-8-9-10-11-12-13-14-15-16-17-18-19-20-21-22-28-32-45(56)68-39-36-66-44(55)31-27-24-23-26-30-40-42(53)35-43(54)41(34-33-38(52)29-25-6-4-2)47(58)50(69-71(61,62)63)51(49(60)48(59)46(40)57)70-72(64,65)67-37-39/h5,7,9-10,12-13,15-16,23,26,33-34,38-41,43,46-52,54,57-60H,3-4,6,8,11,14,17-22,24-25,27-32,35-37H2,1-2H3,(H,64,65)(H2,61,62,63)/b7-5-,10-9-,13-12-,16-15-,26-23-,34-33+/t38-,39+,40-,41-,43+,46+,47+,48-,49+,50+,51-/m0/s1. The molecule has 0 aromatic carbocycles. The highest BCUT2D eigenvalue weighted by molar-refractivity contribution is 7.47. The number of phosphoric ester groups is 2. The van der Waals surface area contributed by atoms with Crippen molar-refractivity contribution in [2.24, 2.45) is 11.8 Å². The quantitative estimate of drug-likeness (QED) is 0.0193. The average molecular weight is 1060 g/mol. The minimum absolute atomic E-state index is 0.0550. The fourth-order valence-electron chi connectivity index (χ4n) is 8.07. The Bertz CT molecular complexity index is 1830. The second-order valence-corrected chi connectivity index (χ2v) is 20.9. The molecule has 21 heteroatoms. The van der Waals surface area contributed by atoms with E-state index in [4.69, 9.17) is 23.0 Å². The van der Waals surface area contributed by atoms with Crippen LogP contribution in [0.1, 0.15) is 149 Å². The number of unbranched alkanes of at least 4 members (excludes halogenated alkanes) is 8. The van der Waals surface area contributed by atoms with Gasteiger partial charge in [-0.3, -0.25) is 28.0 Å². The van der Waals surface area contributed by atoms with E-state index in [0.29, 0.717) is 19.3 Å². The minimum atomic E-state index is -5.79. The molecule has 0 amide bonds. The average Bonchev–Trinajstić information content (AvgIpc) is 3.32. The molecular formula is C51H84O19P2. The smallest absolute Gasteiger partial charge is 0.462 e. The monoisotopic (exact) mass is 1060 g/mol. The van der Waals surface area contributed by atoms with E-state index in [0.717, 1.165) is 82.8 Å². The van der Waals surface area contributed by atoms with Crippen molar-refractivity contribution in [2.45, 2.75) is 204 Å². The highest BCUT2D eigenvalue weighted by Crippen LogP contribution is 2.49. The van der Waals surface area contributed by atoms with E-state index in [2.05, 4.69) is 55.5 Å². The van der Waals surface area contributed by atoms with E-state index in [9.17, 15) is 68.8 Å². The summed E-state index contributed by atoms with van der Waals surface area (Å²) in [6, 6.07) is 0. The van der Waals surface area contributed by atoms with Gasteiger partial charge in [0.1, 0.15) is 36.8 Å². The third-order valence-corrected chi connectivity index (χ3v) is 13.6. The fourth-order valence-corrected chi connectivity index (χ4v) is 9.60. The minimum Gasteiger partial charge on any atom is -0.462 e. The van der Waals surface area contributed by atoms with Gasteiger partial charge < -0.3 is 54.8 Å². The molecule has 1 heterocycles. The lowest BCUT2D eigenvalue weighted by atomic mass is 9.84. The van der Waals surface area contributed by atoms with Crippen LogP contribution in [0.2, 0.25) is 0 Å². The summed E-state index contributed by atoms with van der Waals surface area (Å²) in [5.74, 6) is -5.72. The van der Waals surface area contributed by atoms with Crippen molar-refractivity contribution >= 4 is 33.4 Å². The molecule has 1 unspecified atom stereocenters. The van der Waals surface area contributed by atoms with Crippen molar-refractivity contribution in [2.75, 3.05) is 13.2 Å². The first-order valence-corrected chi connectivity index (χ1v) is 28.6. The van der Waals surface area contributed by atoms with Crippen molar-refractivity contribution < 1.29 is 91.9 Å². The molecule has 2 bridgehead atoms. The van der Waals surface area contributed by atoms with Gasteiger partial charge in [-0.15, -0.1) is 0 Å². The number of esters is 2. The Kier molecular flexibility index (Phi) is 33.4. The first-order valence-electron chi connectivity index (χ1n) is 25.6. The zero-order valence-electron chi connectivity index (χ0n) is 42.0. The van der Waals surface area contributed by atoms with Gasteiger partial charge in [0.05, 0.1) is 31.0 Å². The summed E-state index contributed by atoms with van der Waals surface area (Å²) in [6.07, 6.45) is 14.0. The summed E-state index contributed by atoms with van der Waals surface area (Å²) in [5.41, 5.74) is 0. The molecule has 2 aliphatic rings. The summed E-state index contributed by atoms with van der Waals surface area (Å²) in [6.45, 7) is 2.42. The van der Waals surface area contributed by atoms with Crippen LogP contribution in [0.15, 0.2) is 72.9 Å². The Hall–Kier alpha value is -2.97. The fraction of sp³-hybridized carbons (Fsp3) is 0.706. The van der Waals surface area contributed by atoms with Crippen LogP contribution in [0.25, 0.3) is 0 Å². The topological polar surface area (TPSA) is 314 Å². The number of hydrogen-bond acceptors (Lipinski definition) is 16. The van der Waals surface area contributed by atoms with Gasteiger partial charge in [0, 0.05) is 31.1 Å². The number of carbonyl (C=O) groups is 3. The number of cyclic esters (lactones) is 1. The number of hydrogen-bond donors (Lipinski definition) is 9. The number of rotatable bonds is 25. The molecule has 19 nitrogen and oxygen atoms in total. The molecule has 412 valence electrons. The molecule has 1 fully saturated rings. The summed E-state index contributed by atoms with van der Waals surface area (Å²) in [4.78, 5) is 70.6. The molecule has 0 saturated heterocycles. The lowest BCUT2D eigenvalue weighted by Crippen LogP contribution is -2.56. The summed E-state index contributed by atoms with van der Waals surface area (Å²) < 4.78 is 52.2. The van der Waals surface area contributed by atoms with Crippen LogP contribution in [-0.2, 0) is 46.6 Å². The summed E-state index contributed by atoms with van der Waals surface area (Å²) in [7, 11) is -11.5. The number of aliphatic hydroxyl groups is 6. The van der Waals surface area contributed by atoms with E-state index in [1.54, 1.807) is 6.08 Å². The van der Waals surface area contributed by atoms with Gasteiger partial charge in [0.2, 0.25) is 0 Å². The number of Topliss-reactive ketones (excluding diaryl/α,β-unsaturated/α-hetero) is 1. The third-order valence-electron chi connectivity index (χ3n) is 12.1. The molecule has 12 atom stereocenters. The number of phosphoric acid groups is 2. The van der Waals surface area contributed by atoms with E-state index in [-0.39, 0.29) is 38.5 Å². The summed E-state index contributed by atoms with van der Waals surface area (Å²) in [5, 5.41) is 68.3. The SMILES string of the molecule is CC/C=C\C/C=C\C/C=C\C/C=C\CCCCCCCCC(=O)O[C@@H]1COC(=O)CCC/C=C\C[C@H]2C(=O)C[C@@H](O)[C@H](/C=C/[C@@H](O)CCCCC)[C@@H](O)[C@@H](OP(=O)(O)O)[C@@H](OP(=O)(O)OC1)[C@H](O)[C@@H](O)[C@@H]2O. The lowest BCUT2D eigenvalue weighted by Gasteiger charge is -2.38. The molecule has 0 aromatic rings. The zero-order valence-corrected chi connectivity index (χ0v) is 43.8. The molecule has 9 N–H and O–H groups in total. The van der Waals surface area contributed by atoms with Crippen LogP contribution >= 0.6 is 15.6 Å². The predicted molar refractivity (Wildman–Crippen MR) is 270 cm³/mol. The van der Waals surface area contributed by atoms with Crippen molar-refractivity contribution in [3.8, 4) is 0 Å². The van der Waals surface area contributed by atoms with Crippen molar-refractivity contribution in [3.63, 3.8) is 0 Å². The van der Waals surface area contributed by atoms with E-state index in [1.165, 1.54) is 6.08 Å². The maximum atomic E-state index is 13.8. The molecule has 0 radical (unpaired) electrons. The molecule has 1 aliphatic heterocycles. The summed E-state index contributed by atoms with van der Waals surface area (Å²) >= 11 is 0. The van der Waals surface area contributed by atoms with Gasteiger partial charge in [-0.1, -0.05) is 132 Å². The molecular weight excluding hydrogens is 978 g/mol. The Morgan fingerprint density at radius 1 is 0.819 bits per heavy atom. The molecule has 1 aliphatic carbocycles. The van der Waals surface area contributed by atoms with Crippen molar-refractivity contribution in [1.82, 2.24) is 0 Å². The van der Waals surface area contributed by atoms with E-state index >= 15 is 0 Å². The van der Waals surface area contributed by atoms with E-state index < -0.39 is 120 Å². The first-order chi connectivity index (χ1) is 34.3. The maximum Gasteiger partial charge on any atom is 0.472 e. The van der Waals surface area contributed by atoms with Crippen LogP contribution in [-0.4, -0.2) is 131 Å². The highest BCUT2D eigenvalue weighted by Gasteiger charge is 2.51. The Balaban J connectivity index is 2.25. The number of ketones is 1. The normalized spacial score (nSPS) is 30.2. The van der Waals surface area contributed by atoms with Crippen LogP contribution < -0.4 is 0 Å². The first kappa shape index (κ1) is 65.1. The molecule has 72 heavy (non-hydrogen) atoms. The van der Waals surface area contributed by atoms with Gasteiger partial charge in [-0.05, 0) is 70.6 Å².